The normalized spacial score (nSPS) is 31.6. The number of rotatable bonds is 3. The van der Waals surface area contributed by atoms with Gasteiger partial charge in [-0.1, -0.05) is 6.42 Å². The highest BCUT2D eigenvalue weighted by molar-refractivity contribution is 4.84. The molecule has 2 aliphatic heterocycles. The Hall–Kier alpha value is -0.120. The number of likely N-dealkylation sites (N-methyl/N-ethyl adjacent to an activating group) is 1. The van der Waals surface area contributed by atoms with Crippen LogP contribution in [0.2, 0.25) is 0 Å². The number of nitrogens with one attached hydrogen (secondary N) is 2. The molecule has 2 N–H and O–H groups in total. The first kappa shape index (κ1) is 9.44. The molecule has 0 spiro atoms. The van der Waals surface area contributed by atoms with E-state index in [9.17, 15) is 0 Å². The Bertz CT molecular complexity index is 156. The number of likely N-dealkylation sites (tertiary alicyclic amines) is 1. The van der Waals surface area contributed by atoms with E-state index in [0.29, 0.717) is 0 Å². The zero-order valence-electron chi connectivity index (χ0n) is 8.55. The summed E-state index contributed by atoms with van der Waals surface area (Å²) in [7, 11) is 2.25. The average molecular weight is 183 g/mol. The van der Waals surface area contributed by atoms with Gasteiger partial charge in [0, 0.05) is 31.7 Å². The molecule has 1 atom stereocenters. The van der Waals surface area contributed by atoms with Gasteiger partial charge in [0.05, 0.1) is 0 Å². The lowest BCUT2D eigenvalue weighted by atomic mass is 10.0. The van der Waals surface area contributed by atoms with Crippen LogP contribution in [0.15, 0.2) is 0 Å². The highest BCUT2D eigenvalue weighted by Gasteiger charge is 2.21. The van der Waals surface area contributed by atoms with Crippen molar-refractivity contribution in [1.82, 2.24) is 15.5 Å². The van der Waals surface area contributed by atoms with E-state index in [1.54, 1.807) is 0 Å². The highest BCUT2D eigenvalue weighted by Crippen LogP contribution is 2.14. The summed E-state index contributed by atoms with van der Waals surface area (Å²) in [5.74, 6) is 0. The fraction of sp³-hybridized carbons (Fsp3) is 1.00. The molecule has 3 nitrogen and oxygen atoms in total. The van der Waals surface area contributed by atoms with Gasteiger partial charge in [-0.2, -0.15) is 0 Å². The third kappa shape index (κ3) is 2.42. The van der Waals surface area contributed by atoms with Crippen molar-refractivity contribution >= 4 is 0 Å². The summed E-state index contributed by atoms with van der Waals surface area (Å²) in [5, 5.41) is 6.90. The van der Waals surface area contributed by atoms with E-state index >= 15 is 0 Å². The summed E-state index contributed by atoms with van der Waals surface area (Å²) >= 11 is 0. The van der Waals surface area contributed by atoms with Crippen LogP contribution in [-0.2, 0) is 0 Å². The molecule has 0 radical (unpaired) electrons. The van der Waals surface area contributed by atoms with Crippen LogP contribution in [0.25, 0.3) is 0 Å². The van der Waals surface area contributed by atoms with E-state index in [1.165, 1.54) is 32.4 Å². The van der Waals surface area contributed by atoms with Crippen molar-refractivity contribution in [1.29, 1.82) is 0 Å². The molecule has 0 aromatic heterocycles. The van der Waals surface area contributed by atoms with Gasteiger partial charge < -0.3 is 15.5 Å². The first-order chi connectivity index (χ1) is 6.36. The quantitative estimate of drug-likeness (QED) is 0.646. The molecule has 76 valence electrons. The Morgan fingerprint density at radius 2 is 2.23 bits per heavy atom. The van der Waals surface area contributed by atoms with Crippen molar-refractivity contribution in [3.63, 3.8) is 0 Å². The summed E-state index contributed by atoms with van der Waals surface area (Å²) < 4.78 is 0. The molecule has 0 amide bonds. The van der Waals surface area contributed by atoms with Gasteiger partial charge in [-0.25, -0.2) is 0 Å². The Kier molecular flexibility index (Phi) is 3.19. The maximum atomic E-state index is 3.62. The minimum atomic E-state index is 0.746. The molecule has 0 aliphatic carbocycles. The Labute approximate surface area is 80.9 Å². The number of hydrogen-bond acceptors (Lipinski definition) is 3. The highest BCUT2D eigenvalue weighted by atomic mass is 15.2. The maximum absolute atomic E-state index is 3.62. The molecule has 2 rings (SSSR count). The van der Waals surface area contributed by atoms with Gasteiger partial charge in [-0.05, 0) is 26.4 Å². The molecule has 2 aliphatic rings. The van der Waals surface area contributed by atoms with Crippen molar-refractivity contribution in [2.45, 2.75) is 31.3 Å². The van der Waals surface area contributed by atoms with Crippen molar-refractivity contribution in [3.05, 3.63) is 0 Å². The summed E-state index contributed by atoms with van der Waals surface area (Å²) in [6, 6.07) is 1.53. The fourth-order valence-electron chi connectivity index (χ4n) is 2.14. The molecule has 2 heterocycles. The van der Waals surface area contributed by atoms with Crippen LogP contribution in [0.1, 0.15) is 19.3 Å². The predicted octanol–water partition coefficient (Wildman–Crippen LogP) is 0.0321. The van der Waals surface area contributed by atoms with E-state index < -0.39 is 0 Å². The van der Waals surface area contributed by atoms with E-state index in [2.05, 4.69) is 22.6 Å². The van der Waals surface area contributed by atoms with Gasteiger partial charge in [0.2, 0.25) is 0 Å². The standard InChI is InChI=1S/C10H21N3/c1-13-5-3-2-4-10(13)8-12-9-6-11-7-9/h9-12H,2-8H2,1H3. The maximum Gasteiger partial charge on any atom is 0.0318 e. The lowest BCUT2D eigenvalue weighted by Crippen LogP contribution is -2.58. The largest absolute Gasteiger partial charge is 0.314 e. The molecule has 1 unspecified atom stereocenters. The first-order valence-corrected chi connectivity index (χ1v) is 5.50. The van der Waals surface area contributed by atoms with Crippen molar-refractivity contribution in [2.24, 2.45) is 0 Å². The Balaban J connectivity index is 1.66. The Morgan fingerprint density at radius 3 is 2.85 bits per heavy atom. The zero-order chi connectivity index (χ0) is 9.10. The van der Waals surface area contributed by atoms with Gasteiger partial charge in [0.15, 0.2) is 0 Å². The summed E-state index contributed by atoms with van der Waals surface area (Å²) in [6.07, 6.45) is 4.18. The second-order valence-corrected chi connectivity index (χ2v) is 4.39. The molecule has 0 aromatic rings. The first-order valence-electron chi connectivity index (χ1n) is 5.50. The van der Waals surface area contributed by atoms with Crippen molar-refractivity contribution in [3.8, 4) is 0 Å². The molecule has 3 heteroatoms. The van der Waals surface area contributed by atoms with Crippen LogP contribution >= 0.6 is 0 Å². The van der Waals surface area contributed by atoms with Gasteiger partial charge in [-0.3, -0.25) is 0 Å². The minimum absolute atomic E-state index is 0.746. The van der Waals surface area contributed by atoms with Crippen LogP contribution < -0.4 is 10.6 Å². The molecule has 13 heavy (non-hydrogen) atoms. The van der Waals surface area contributed by atoms with Crippen molar-refractivity contribution in [2.75, 3.05) is 33.2 Å². The molecule has 0 saturated carbocycles. The third-order valence-corrected chi connectivity index (χ3v) is 3.35. The number of piperidine rings is 1. The molecule has 0 aromatic carbocycles. The van der Waals surface area contributed by atoms with E-state index in [-0.39, 0.29) is 0 Å². The van der Waals surface area contributed by atoms with Gasteiger partial charge >= 0.3 is 0 Å². The van der Waals surface area contributed by atoms with Crippen LogP contribution in [0.5, 0.6) is 0 Å². The monoisotopic (exact) mass is 183 g/mol. The average Bonchev–Trinajstić information content (AvgIpc) is 2.05. The molecule has 0 bridgehead atoms. The lowest BCUT2D eigenvalue weighted by molar-refractivity contribution is 0.173. The van der Waals surface area contributed by atoms with E-state index in [0.717, 1.165) is 25.2 Å². The lowest BCUT2D eigenvalue weighted by Gasteiger charge is -2.36. The number of nitrogens with zero attached hydrogens (tertiary/aromatic N) is 1. The van der Waals surface area contributed by atoms with Gasteiger partial charge in [-0.15, -0.1) is 0 Å². The number of hydrogen-bond donors (Lipinski definition) is 2. The van der Waals surface area contributed by atoms with E-state index in [4.69, 9.17) is 0 Å². The summed E-state index contributed by atoms with van der Waals surface area (Å²) in [4.78, 5) is 2.50. The van der Waals surface area contributed by atoms with E-state index in [1.807, 2.05) is 0 Å². The topological polar surface area (TPSA) is 27.3 Å². The van der Waals surface area contributed by atoms with Crippen LogP contribution in [0.4, 0.5) is 0 Å². The predicted molar refractivity (Wildman–Crippen MR) is 54.9 cm³/mol. The zero-order valence-corrected chi connectivity index (χ0v) is 8.55. The van der Waals surface area contributed by atoms with Gasteiger partial charge in [0.1, 0.15) is 0 Å². The molecular formula is C10H21N3. The molecular weight excluding hydrogens is 162 g/mol. The minimum Gasteiger partial charge on any atom is -0.314 e. The van der Waals surface area contributed by atoms with Crippen LogP contribution in [0.3, 0.4) is 0 Å². The van der Waals surface area contributed by atoms with Gasteiger partial charge in [0.25, 0.3) is 0 Å². The fourth-order valence-corrected chi connectivity index (χ4v) is 2.14. The second kappa shape index (κ2) is 4.40. The molecule has 2 fully saturated rings. The second-order valence-electron chi connectivity index (χ2n) is 4.39. The third-order valence-electron chi connectivity index (χ3n) is 3.35. The Morgan fingerprint density at radius 1 is 1.38 bits per heavy atom. The smallest absolute Gasteiger partial charge is 0.0318 e. The summed E-state index contributed by atoms with van der Waals surface area (Å²) in [6.45, 7) is 4.80. The summed E-state index contributed by atoms with van der Waals surface area (Å²) in [5.41, 5.74) is 0. The van der Waals surface area contributed by atoms with Crippen LogP contribution in [-0.4, -0.2) is 50.2 Å². The van der Waals surface area contributed by atoms with Crippen molar-refractivity contribution < 1.29 is 0 Å². The molecule has 2 saturated heterocycles. The van der Waals surface area contributed by atoms with Crippen LogP contribution in [0, 0.1) is 0 Å². The SMILES string of the molecule is CN1CCCCC1CNC1CNC1.